The Bertz CT molecular complexity index is 569. The molecule has 4 N–H and O–H groups in total. The third-order valence-electron chi connectivity index (χ3n) is 3.92. The zero-order valence-corrected chi connectivity index (χ0v) is 11.4. The Balaban J connectivity index is 2.27. The highest BCUT2D eigenvalue weighted by molar-refractivity contribution is 6.11. The highest BCUT2D eigenvalue weighted by atomic mass is 19.1. The van der Waals surface area contributed by atoms with Gasteiger partial charge in [-0.05, 0) is 25.0 Å². The Morgan fingerprint density at radius 3 is 2.52 bits per heavy atom. The van der Waals surface area contributed by atoms with Gasteiger partial charge in [-0.15, -0.1) is 0 Å². The van der Waals surface area contributed by atoms with Crippen LogP contribution in [0.2, 0.25) is 0 Å². The van der Waals surface area contributed by atoms with Crippen LogP contribution in [0.4, 0.5) is 14.5 Å². The van der Waals surface area contributed by atoms with E-state index in [1.165, 1.54) is 0 Å². The molecule has 1 aliphatic carbocycles. The average molecular weight is 297 g/mol. The Labute approximate surface area is 120 Å². The molecule has 1 aromatic carbocycles. The fraction of sp³-hybridized carbons (Fsp3) is 0.429. The summed E-state index contributed by atoms with van der Waals surface area (Å²) >= 11 is 0. The van der Waals surface area contributed by atoms with Gasteiger partial charge in [0.2, 0.25) is 5.91 Å². The maximum atomic E-state index is 13.6. The molecule has 114 valence electrons. The summed E-state index contributed by atoms with van der Waals surface area (Å²) < 4.78 is 26.5. The minimum Gasteiger partial charge on any atom is -0.409 e. The number of nitrogens with two attached hydrogens (primary N) is 1. The molecule has 0 saturated heterocycles. The molecule has 0 aliphatic heterocycles. The maximum Gasteiger partial charge on any atom is 0.238 e. The number of nitrogens with one attached hydrogen (secondary N) is 1. The van der Waals surface area contributed by atoms with Crippen LogP contribution in [0, 0.1) is 17.0 Å². The largest absolute Gasteiger partial charge is 0.409 e. The summed E-state index contributed by atoms with van der Waals surface area (Å²) in [5.41, 5.74) is 4.41. The Kier molecular flexibility index (Phi) is 4.40. The van der Waals surface area contributed by atoms with E-state index in [4.69, 9.17) is 10.9 Å². The van der Waals surface area contributed by atoms with Crippen LogP contribution >= 0.6 is 0 Å². The van der Waals surface area contributed by atoms with Crippen LogP contribution in [0.3, 0.4) is 0 Å². The summed E-state index contributed by atoms with van der Waals surface area (Å²) in [5.74, 6) is -2.31. The third-order valence-corrected chi connectivity index (χ3v) is 3.92. The van der Waals surface area contributed by atoms with Gasteiger partial charge in [0.1, 0.15) is 17.0 Å². The molecule has 5 nitrogen and oxygen atoms in total. The highest BCUT2D eigenvalue weighted by Crippen LogP contribution is 2.38. The van der Waals surface area contributed by atoms with Gasteiger partial charge in [-0.25, -0.2) is 8.78 Å². The monoisotopic (exact) mass is 297 g/mol. The van der Waals surface area contributed by atoms with E-state index in [0.717, 1.165) is 31.4 Å². The van der Waals surface area contributed by atoms with Gasteiger partial charge in [0.05, 0.1) is 5.69 Å². The average Bonchev–Trinajstić information content (AvgIpc) is 2.49. The lowest BCUT2D eigenvalue weighted by Crippen LogP contribution is -2.48. The second-order valence-corrected chi connectivity index (χ2v) is 5.21. The van der Waals surface area contributed by atoms with E-state index in [-0.39, 0.29) is 11.5 Å². The highest BCUT2D eigenvalue weighted by Gasteiger charge is 2.44. The predicted molar refractivity (Wildman–Crippen MR) is 73.9 cm³/mol. The van der Waals surface area contributed by atoms with Gasteiger partial charge in [0, 0.05) is 6.07 Å². The van der Waals surface area contributed by atoms with Crippen LogP contribution in [0.25, 0.3) is 0 Å². The molecule has 0 atom stereocenters. The van der Waals surface area contributed by atoms with Crippen LogP contribution in [-0.4, -0.2) is 17.0 Å². The molecule has 0 heterocycles. The minimum absolute atomic E-state index is 0.128. The SMILES string of the molecule is NC(=NO)C1(C(=O)Nc2ccc(F)cc2F)CCCCC1. The predicted octanol–water partition coefficient (Wildman–Crippen LogP) is 2.60. The second kappa shape index (κ2) is 6.07. The van der Waals surface area contributed by atoms with Crippen molar-refractivity contribution < 1.29 is 18.8 Å². The first-order valence-electron chi connectivity index (χ1n) is 6.74. The van der Waals surface area contributed by atoms with E-state index >= 15 is 0 Å². The lowest BCUT2D eigenvalue weighted by molar-refractivity contribution is -0.123. The summed E-state index contributed by atoms with van der Waals surface area (Å²) in [4.78, 5) is 12.5. The van der Waals surface area contributed by atoms with Crippen LogP contribution in [-0.2, 0) is 4.79 Å². The molecule has 0 spiro atoms. The Morgan fingerprint density at radius 2 is 1.95 bits per heavy atom. The van der Waals surface area contributed by atoms with E-state index < -0.39 is 23.0 Å². The fourth-order valence-electron chi connectivity index (χ4n) is 2.68. The van der Waals surface area contributed by atoms with Gasteiger partial charge in [-0.1, -0.05) is 24.4 Å². The van der Waals surface area contributed by atoms with E-state index in [1.807, 2.05) is 0 Å². The number of hydrogen-bond donors (Lipinski definition) is 3. The van der Waals surface area contributed by atoms with Gasteiger partial charge in [0.25, 0.3) is 0 Å². The van der Waals surface area contributed by atoms with E-state index in [9.17, 15) is 13.6 Å². The second-order valence-electron chi connectivity index (χ2n) is 5.21. The first-order valence-corrected chi connectivity index (χ1v) is 6.74. The van der Waals surface area contributed by atoms with Crippen LogP contribution in [0.5, 0.6) is 0 Å². The van der Waals surface area contributed by atoms with E-state index in [2.05, 4.69) is 10.5 Å². The van der Waals surface area contributed by atoms with Gasteiger partial charge >= 0.3 is 0 Å². The number of nitrogens with zero attached hydrogens (tertiary/aromatic N) is 1. The summed E-state index contributed by atoms with van der Waals surface area (Å²) in [6.07, 6.45) is 3.33. The number of benzene rings is 1. The molecule has 1 aliphatic rings. The number of anilines is 1. The molecular weight excluding hydrogens is 280 g/mol. The minimum atomic E-state index is -1.15. The normalized spacial score (nSPS) is 18.3. The number of rotatable bonds is 3. The summed E-state index contributed by atoms with van der Waals surface area (Å²) in [5, 5.41) is 14.3. The molecule has 1 saturated carbocycles. The number of halogens is 2. The van der Waals surface area contributed by atoms with Crippen molar-refractivity contribution in [2.24, 2.45) is 16.3 Å². The fourth-order valence-corrected chi connectivity index (χ4v) is 2.68. The molecular formula is C14H17F2N3O2. The first kappa shape index (κ1) is 15.2. The molecule has 0 bridgehead atoms. The van der Waals surface area contributed by atoms with Gasteiger partial charge in [-0.2, -0.15) is 0 Å². The number of carbonyl (C=O) groups is 1. The number of amides is 1. The zero-order chi connectivity index (χ0) is 15.5. The van der Waals surface area contributed by atoms with Crippen molar-refractivity contribution in [3.05, 3.63) is 29.8 Å². The van der Waals surface area contributed by atoms with Crippen molar-refractivity contribution in [2.45, 2.75) is 32.1 Å². The lowest BCUT2D eigenvalue weighted by atomic mass is 9.72. The van der Waals surface area contributed by atoms with Crippen LogP contribution in [0.1, 0.15) is 32.1 Å². The van der Waals surface area contributed by atoms with Crippen LogP contribution in [0.15, 0.2) is 23.4 Å². The smallest absolute Gasteiger partial charge is 0.238 e. The summed E-state index contributed by atoms with van der Waals surface area (Å²) in [6.45, 7) is 0. The zero-order valence-electron chi connectivity index (χ0n) is 11.4. The molecule has 0 unspecified atom stereocenters. The van der Waals surface area contributed by atoms with Gasteiger partial charge < -0.3 is 16.3 Å². The summed E-state index contributed by atoms with van der Waals surface area (Å²) in [6, 6.07) is 2.88. The van der Waals surface area contributed by atoms with Crippen LogP contribution < -0.4 is 11.1 Å². The molecule has 2 rings (SSSR count). The number of hydrogen-bond acceptors (Lipinski definition) is 3. The molecule has 0 radical (unpaired) electrons. The Hall–Kier alpha value is -2.18. The maximum absolute atomic E-state index is 13.6. The molecule has 1 amide bonds. The van der Waals surface area contributed by atoms with Crippen molar-refractivity contribution in [1.29, 1.82) is 0 Å². The topological polar surface area (TPSA) is 87.7 Å². The lowest BCUT2D eigenvalue weighted by Gasteiger charge is -2.34. The first-order chi connectivity index (χ1) is 9.99. The van der Waals surface area contributed by atoms with Gasteiger partial charge in [0.15, 0.2) is 5.84 Å². The van der Waals surface area contributed by atoms with Crippen molar-refractivity contribution in [3.8, 4) is 0 Å². The molecule has 21 heavy (non-hydrogen) atoms. The number of oxime groups is 1. The molecule has 0 aromatic heterocycles. The molecule has 1 aromatic rings. The number of amidine groups is 1. The van der Waals surface area contributed by atoms with Crippen molar-refractivity contribution >= 4 is 17.4 Å². The third kappa shape index (κ3) is 2.96. The van der Waals surface area contributed by atoms with Gasteiger partial charge in [-0.3, -0.25) is 4.79 Å². The van der Waals surface area contributed by atoms with E-state index in [1.54, 1.807) is 0 Å². The standard InChI is InChI=1S/C14H17F2N3O2/c15-9-4-5-11(10(16)8-9)18-13(20)14(12(17)19-21)6-2-1-3-7-14/h4-5,8,21H,1-3,6-7H2,(H2,17,19)(H,18,20). The van der Waals surface area contributed by atoms with Crippen molar-refractivity contribution in [2.75, 3.05) is 5.32 Å². The Morgan fingerprint density at radius 1 is 1.29 bits per heavy atom. The summed E-state index contributed by atoms with van der Waals surface area (Å²) in [7, 11) is 0. The van der Waals surface area contributed by atoms with E-state index in [0.29, 0.717) is 18.9 Å². The number of carbonyl (C=O) groups excluding carboxylic acids is 1. The molecule has 1 fully saturated rings. The molecule has 7 heteroatoms. The van der Waals surface area contributed by atoms with Crippen molar-refractivity contribution in [3.63, 3.8) is 0 Å². The quantitative estimate of drug-likeness (QED) is 0.347. The van der Waals surface area contributed by atoms with Crippen molar-refractivity contribution in [1.82, 2.24) is 0 Å².